The van der Waals surface area contributed by atoms with Crippen LogP contribution in [0.1, 0.15) is 40.2 Å². The Hall–Kier alpha value is -2.16. The molecule has 1 aliphatic rings. The van der Waals surface area contributed by atoms with Gasteiger partial charge in [-0.1, -0.05) is 24.3 Å². The van der Waals surface area contributed by atoms with Crippen molar-refractivity contribution in [3.05, 3.63) is 65.5 Å². The number of amides is 1. The second-order valence-corrected chi connectivity index (χ2v) is 5.22. The maximum absolute atomic E-state index is 11.9. The normalized spacial score (nSPS) is 16.7. The van der Waals surface area contributed by atoms with Crippen molar-refractivity contribution >= 4 is 5.91 Å². The Morgan fingerprint density at radius 1 is 1.25 bits per heavy atom. The highest BCUT2D eigenvalue weighted by Gasteiger charge is 2.21. The van der Waals surface area contributed by atoms with E-state index in [1.165, 1.54) is 17.5 Å². The van der Waals surface area contributed by atoms with Crippen molar-refractivity contribution in [1.29, 1.82) is 0 Å². The second kappa shape index (κ2) is 5.87. The van der Waals surface area contributed by atoms with Crippen LogP contribution in [0.4, 0.5) is 0 Å². The van der Waals surface area contributed by atoms with E-state index in [1.807, 2.05) is 0 Å². The topological polar surface area (TPSA) is 42.0 Å². The van der Waals surface area contributed by atoms with Gasteiger partial charge in [-0.25, -0.2) is 0 Å². The van der Waals surface area contributed by atoms with Gasteiger partial charge in [0.05, 0.1) is 5.56 Å². The third-order valence-electron chi connectivity index (χ3n) is 3.96. The number of nitrogens with one attached hydrogen (secondary N) is 1. The van der Waals surface area contributed by atoms with E-state index in [2.05, 4.69) is 34.6 Å². The molecule has 0 saturated carbocycles. The van der Waals surface area contributed by atoms with Crippen molar-refractivity contribution in [2.24, 2.45) is 0 Å². The van der Waals surface area contributed by atoms with Gasteiger partial charge in [0.15, 0.2) is 0 Å². The Labute approximate surface area is 119 Å². The summed E-state index contributed by atoms with van der Waals surface area (Å²) in [5, 5.41) is 2.98. The predicted molar refractivity (Wildman–Crippen MR) is 78.7 cm³/mol. The molecule has 102 valence electrons. The molecule has 1 aromatic carbocycles. The number of hydrogen-bond acceptors (Lipinski definition) is 2. The molecule has 20 heavy (non-hydrogen) atoms. The highest BCUT2D eigenvalue weighted by atomic mass is 16.1. The molecule has 0 radical (unpaired) electrons. The highest BCUT2D eigenvalue weighted by molar-refractivity contribution is 5.93. The van der Waals surface area contributed by atoms with Gasteiger partial charge in [0.2, 0.25) is 0 Å². The molecule has 0 unspecified atom stereocenters. The fourth-order valence-electron chi connectivity index (χ4n) is 2.90. The number of nitrogens with zero attached hydrogens (tertiary/aromatic N) is 1. The fourth-order valence-corrected chi connectivity index (χ4v) is 2.90. The lowest BCUT2D eigenvalue weighted by Gasteiger charge is -2.12. The average Bonchev–Trinajstić information content (AvgIpc) is 2.92. The summed E-state index contributed by atoms with van der Waals surface area (Å²) in [5.74, 6) is 0.546. The summed E-state index contributed by atoms with van der Waals surface area (Å²) < 4.78 is 0. The Kier molecular flexibility index (Phi) is 3.77. The van der Waals surface area contributed by atoms with E-state index in [1.54, 1.807) is 24.5 Å². The molecule has 1 atom stereocenters. The lowest BCUT2D eigenvalue weighted by Crippen LogP contribution is -2.25. The molecule has 0 saturated heterocycles. The van der Waals surface area contributed by atoms with E-state index < -0.39 is 0 Å². The molecule has 0 aliphatic heterocycles. The largest absolute Gasteiger partial charge is 0.352 e. The predicted octanol–water partition coefficient (Wildman–Crippen LogP) is 2.93. The monoisotopic (exact) mass is 266 g/mol. The van der Waals surface area contributed by atoms with Gasteiger partial charge in [0.1, 0.15) is 0 Å². The maximum atomic E-state index is 11.9. The molecule has 1 heterocycles. The molecule has 2 aromatic rings. The molecule has 1 aliphatic carbocycles. The molecule has 1 N–H and O–H groups in total. The fraction of sp³-hybridized carbons (Fsp3) is 0.294. The molecular weight excluding hydrogens is 248 g/mol. The van der Waals surface area contributed by atoms with E-state index in [0.29, 0.717) is 18.0 Å². The first-order chi connectivity index (χ1) is 9.84. The zero-order valence-electron chi connectivity index (χ0n) is 11.4. The first kappa shape index (κ1) is 12.9. The molecule has 3 rings (SSSR count). The number of carbonyl (C=O) groups is 1. The summed E-state index contributed by atoms with van der Waals surface area (Å²) in [6.07, 6.45) is 6.63. The van der Waals surface area contributed by atoms with Crippen LogP contribution < -0.4 is 5.32 Å². The summed E-state index contributed by atoms with van der Waals surface area (Å²) in [6.45, 7) is 0.715. The number of hydrogen-bond donors (Lipinski definition) is 1. The van der Waals surface area contributed by atoms with Crippen LogP contribution in [-0.4, -0.2) is 17.4 Å². The highest BCUT2D eigenvalue weighted by Crippen LogP contribution is 2.34. The van der Waals surface area contributed by atoms with Crippen molar-refractivity contribution in [2.45, 2.75) is 25.2 Å². The van der Waals surface area contributed by atoms with Crippen LogP contribution in [0.2, 0.25) is 0 Å². The van der Waals surface area contributed by atoms with E-state index in [4.69, 9.17) is 0 Å². The van der Waals surface area contributed by atoms with E-state index >= 15 is 0 Å². The minimum Gasteiger partial charge on any atom is -0.352 e. The third-order valence-corrected chi connectivity index (χ3v) is 3.96. The summed E-state index contributed by atoms with van der Waals surface area (Å²) in [4.78, 5) is 15.9. The number of pyridine rings is 1. The average molecular weight is 266 g/mol. The lowest BCUT2D eigenvalue weighted by molar-refractivity contribution is 0.0952. The Morgan fingerprint density at radius 3 is 3.00 bits per heavy atom. The SMILES string of the molecule is O=C(NCC[C@H]1CCc2ccccc21)c1cccnc1. The van der Waals surface area contributed by atoms with Crippen molar-refractivity contribution < 1.29 is 4.79 Å². The Bertz CT molecular complexity index is 595. The molecule has 1 aromatic heterocycles. The second-order valence-electron chi connectivity index (χ2n) is 5.22. The van der Waals surface area contributed by atoms with Gasteiger partial charge in [-0.15, -0.1) is 0 Å². The van der Waals surface area contributed by atoms with Gasteiger partial charge >= 0.3 is 0 Å². The van der Waals surface area contributed by atoms with Crippen LogP contribution >= 0.6 is 0 Å². The number of rotatable bonds is 4. The Morgan fingerprint density at radius 2 is 2.15 bits per heavy atom. The molecule has 0 spiro atoms. The molecular formula is C17H18N2O. The molecule has 3 heteroatoms. The van der Waals surface area contributed by atoms with Crippen LogP contribution in [-0.2, 0) is 6.42 Å². The third kappa shape index (κ3) is 2.72. The molecule has 3 nitrogen and oxygen atoms in total. The van der Waals surface area contributed by atoms with Crippen LogP contribution in [0.25, 0.3) is 0 Å². The van der Waals surface area contributed by atoms with Crippen LogP contribution in [0.5, 0.6) is 0 Å². The van der Waals surface area contributed by atoms with Gasteiger partial charge in [-0.2, -0.15) is 0 Å². The van der Waals surface area contributed by atoms with Crippen LogP contribution in [0.15, 0.2) is 48.8 Å². The van der Waals surface area contributed by atoms with Crippen molar-refractivity contribution in [2.75, 3.05) is 6.54 Å². The van der Waals surface area contributed by atoms with E-state index in [0.717, 1.165) is 12.8 Å². The first-order valence-electron chi connectivity index (χ1n) is 7.10. The number of benzene rings is 1. The first-order valence-corrected chi connectivity index (χ1v) is 7.10. The van der Waals surface area contributed by atoms with Gasteiger partial charge in [0.25, 0.3) is 5.91 Å². The number of aryl methyl sites for hydroxylation is 1. The molecule has 0 bridgehead atoms. The standard InChI is InChI=1S/C17H18N2O/c20-17(15-5-3-10-18-12-15)19-11-9-14-8-7-13-4-1-2-6-16(13)14/h1-6,10,12,14H,7-9,11H2,(H,19,20)/t14-/m1/s1. The number of aromatic nitrogens is 1. The van der Waals surface area contributed by atoms with Crippen molar-refractivity contribution in [1.82, 2.24) is 10.3 Å². The smallest absolute Gasteiger partial charge is 0.252 e. The summed E-state index contributed by atoms with van der Waals surface area (Å²) in [5.41, 5.74) is 3.55. The Balaban J connectivity index is 1.53. The minimum absolute atomic E-state index is 0.0376. The lowest BCUT2D eigenvalue weighted by atomic mass is 9.98. The van der Waals surface area contributed by atoms with Gasteiger partial charge in [0, 0.05) is 18.9 Å². The quantitative estimate of drug-likeness (QED) is 0.924. The van der Waals surface area contributed by atoms with E-state index in [9.17, 15) is 4.79 Å². The van der Waals surface area contributed by atoms with Crippen LogP contribution in [0.3, 0.4) is 0 Å². The van der Waals surface area contributed by atoms with E-state index in [-0.39, 0.29) is 5.91 Å². The van der Waals surface area contributed by atoms with Crippen LogP contribution in [0, 0.1) is 0 Å². The zero-order valence-corrected chi connectivity index (χ0v) is 11.4. The number of fused-ring (bicyclic) bond motifs is 1. The van der Waals surface area contributed by atoms with Crippen molar-refractivity contribution in [3.63, 3.8) is 0 Å². The summed E-state index contributed by atoms with van der Waals surface area (Å²) in [7, 11) is 0. The molecule has 1 amide bonds. The van der Waals surface area contributed by atoms with Crippen molar-refractivity contribution in [3.8, 4) is 0 Å². The maximum Gasteiger partial charge on any atom is 0.252 e. The number of carbonyl (C=O) groups excluding carboxylic acids is 1. The summed E-state index contributed by atoms with van der Waals surface area (Å²) in [6, 6.07) is 12.2. The van der Waals surface area contributed by atoms with Gasteiger partial charge in [-0.3, -0.25) is 9.78 Å². The van der Waals surface area contributed by atoms with Gasteiger partial charge in [-0.05, 0) is 48.4 Å². The minimum atomic E-state index is -0.0376. The molecule has 0 fully saturated rings. The zero-order chi connectivity index (χ0) is 13.8. The summed E-state index contributed by atoms with van der Waals surface area (Å²) >= 11 is 0. The van der Waals surface area contributed by atoms with Gasteiger partial charge < -0.3 is 5.32 Å².